The molecule has 8 rings (SSSR count). The third kappa shape index (κ3) is 14.4. The van der Waals surface area contributed by atoms with Gasteiger partial charge in [-0.2, -0.15) is 23.1 Å². The molecule has 22 nitrogen and oxygen atoms in total. The Kier molecular flexibility index (Phi) is 17.7. The van der Waals surface area contributed by atoms with E-state index in [4.69, 9.17) is 26.0 Å². The molecule has 420 valence electrons. The standard InChI is InChI=1S/C27H35N7O6.C26H33F3N6O3/c1-5-15-8-10-33(11-9-15)16-6-7-18(19(12-16)40-4)30-25-29-13-17-21(35)20(24(36)32-26(37)38)22(28)34(23(17)31-25)14-27(2,3)39;1-25(2,37)15-35-22(30)13-20(36)18-14-31-24(33-23(18)35)32-19-5-4-17(12-21(19)38-3)16-6-9-34(10-7-16)11-8-26(27,28)29/h6-7,12-13,15,39H,5,8-11,14,28H2,1-4H3,(H,32,36)(H,37,38)(H,29,30,31);4-5,12-14,16,37H,6-11,15,30H2,1-3H3,(H,31,32,33). The van der Waals surface area contributed by atoms with Crippen molar-refractivity contribution in [3.8, 4) is 11.5 Å². The normalized spacial score (nSPS) is 14.9. The fourth-order valence-electron chi connectivity index (χ4n) is 9.66. The molecule has 2 aliphatic rings. The lowest BCUT2D eigenvalue weighted by Crippen LogP contribution is -2.36. The van der Waals surface area contributed by atoms with Crippen LogP contribution in [0.5, 0.6) is 11.5 Å². The second-order valence-electron chi connectivity index (χ2n) is 20.9. The zero-order valence-corrected chi connectivity index (χ0v) is 44.7. The molecule has 6 aromatic rings. The third-order valence-corrected chi connectivity index (χ3v) is 13.7. The number of nitrogens with two attached hydrogens (primary N) is 2. The summed E-state index contributed by atoms with van der Waals surface area (Å²) < 4.78 is 51.7. The van der Waals surface area contributed by atoms with E-state index in [2.05, 4.69) is 42.4 Å². The topological polar surface area (TPSA) is 303 Å². The van der Waals surface area contributed by atoms with Gasteiger partial charge in [0.2, 0.25) is 17.3 Å². The molecule has 6 heterocycles. The molecule has 0 atom stereocenters. The van der Waals surface area contributed by atoms with E-state index in [0.29, 0.717) is 41.6 Å². The average Bonchev–Trinajstić information content (AvgIpc) is 3.58. The molecule has 4 aromatic heterocycles. The summed E-state index contributed by atoms with van der Waals surface area (Å²) in [7, 11) is 3.12. The number of amides is 2. The Morgan fingerprint density at radius 3 is 1.87 bits per heavy atom. The van der Waals surface area contributed by atoms with Crippen LogP contribution < -0.4 is 52.6 Å². The molecule has 2 aliphatic heterocycles. The van der Waals surface area contributed by atoms with Gasteiger partial charge in [-0.05, 0) is 108 Å². The number of piperidine rings is 2. The van der Waals surface area contributed by atoms with Crippen molar-refractivity contribution < 1.29 is 47.6 Å². The zero-order chi connectivity index (χ0) is 56.9. The predicted octanol–water partition coefficient (Wildman–Crippen LogP) is 6.96. The van der Waals surface area contributed by atoms with Crippen LogP contribution in [0.1, 0.15) is 95.0 Å². The largest absolute Gasteiger partial charge is 0.495 e. The van der Waals surface area contributed by atoms with E-state index >= 15 is 0 Å². The predicted molar refractivity (Wildman–Crippen MR) is 291 cm³/mol. The number of hydrogen-bond acceptors (Lipinski definition) is 18. The minimum Gasteiger partial charge on any atom is -0.495 e. The summed E-state index contributed by atoms with van der Waals surface area (Å²) in [6.07, 6.45) is 1.10. The van der Waals surface area contributed by atoms with Gasteiger partial charge in [0.1, 0.15) is 28.7 Å². The van der Waals surface area contributed by atoms with E-state index in [-0.39, 0.29) is 70.9 Å². The summed E-state index contributed by atoms with van der Waals surface area (Å²) in [5.41, 5.74) is 11.8. The number of methoxy groups -OCH3 is 2. The van der Waals surface area contributed by atoms with Crippen LogP contribution in [-0.2, 0) is 13.1 Å². The lowest BCUT2D eigenvalue weighted by molar-refractivity contribution is -0.138. The number of pyridine rings is 2. The number of imide groups is 1. The van der Waals surface area contributed by atoms with Gasteiger partial charge in [0, 0.05) is 49.8 Å². The van der Waals surface area contributed by atoms with E-state index in [0.717, 1.165) is 55.9 Å². The fraction of sp³-hybridized carbons (Fsp3) is 0.472. The van der Waals surface area contributed by atoms with Crippen molar-refractivity contribution in [1.29, 1.82) is 0 Å². The first-order chi connectivity index (χ1) is 36.7. The molecule has 25 heteroatoms. The Hall–Kier alpha value is -7.77. The number of fused-ring (bicyclic) bond motifs is 2. The maximum Gasteiger partial charge on any atom is 0.411 e. The summed E-state index contributed by atoms with van der Waals surface area (Å²) in [5.74, 6) is 1.11. The number of carboxylic acid groups (broad SMARTS) is 1. The molecule has 2 amide bonds. The van der Waals surface area contributed by atoms with E-state index in [1.807, 2.05) is 41.3 Å². The van der Waals surface area contributed by atoms with Gasteiger partial charge in [-0.15, -0.1) is 0 Å². The molecule has 0 spiro atoms. The van der Waals surface area contributed by atoms with E-state index < -0.39 is 46.8 Å². The number of hydrogen-bond donors (Lipinski definition) is 8. The third-order valence-electron chi connectivity index (χ3n) is 13.7. The maximum atomic E-state index is 13.2. The molecule has 0 aliphatic carbocycles. The Morgan fingerprint density at radius 2 is 1.32 bits per heavy atom. The van der Waals surface area contributed by atoms with Gasteiger partial charge in [0.15, 0.2) is 16.7 Å². The smallest absolute Gasteiger partial charge is 0.411 e. The number of aromatic nitrogens is 6. The maximum absolute atomic E-state index is 13.2. The van der Waals surface area contributed by atoms with E-state index in [1.54, 1.807) is 38.0 Å². The number of benzene rings is 2. The molecule has 2 saturated heterocycles. The highest BCUT2D eigenvalue weighted by molar-refractivity contribution is 6.07. The highest BCUT2D eigenvalue weighted by atomic mass is 19.4. The van der Waals surface area contributed by atoms with Crippen LogP contribution in [0.4, 0.5) is 58.6 Å². The van der Waals surface area contributed by atoms with Gasteiger partial charge in [0.05, 0.1) is 67.1 Å². The number of nitrogens with zero attached hydrogens (tertiary/aromatic N) is 8. The van der Waals surface area contributed by atoms with Crippen LogP contribution >= 0.6 is 0 Å². The van der Waals surface area contributed by atoms with Crippen LogP contribution in [0, 0.1) is 5.92 Å². The molecule has 0 radical (unpaired) electrons. The number of aliphatic hydroxyl groups is 2. The Balaban J connectivity index is 0.000000226. The van der Waals surface area contributed by atoms with Gasteiger partial charge in [-0.3, -0.25) is 19.7 Å². The number of halogens is 3. The summed E-state index contributed by atoms with van der Waals surface area (Å²) in [6.45, 7) is 11.7. The number of rotatable bonds is 16. The second-order valence-corrected chi connectivity index (χ2v) is 20.9. The number of carbonyl (C=O) groups is 2. The summed E-state index contributed by atoms with van der Waals surface area (Å²) in [5, 5.41) is 37.9. The average molecular weight is 1090 g/mol. The van der Waals surface area contributed by atoms with Crippen molar-refractivity contribution in [2.45, 2.75) is 110 Å². The molecular formula is C53H68F3N13O9. The number of nitrogens with one attached hydrogen (secondary N) is 3. The van der Waals surface area contributed by atoms with Crippen molar-refractivity contribution >= 4 is 74.7 Å². The number of anilines is 7. The van der Waals surface area contributed by atoms with Crippen LogP contribution in [0.2, 0.25) is 0 Å². The van der Waals surface area contributed by atoms with E-state index in [1.165, 1.54) is 43.3 Å². The van der Waals surface area contributed by atoms with Crippen molar-refractivity contribution in [3.63, 3.8) is 0 Å². The molecular weight excluding hydrogens is 1020 g/mol. The quantitative estimate of drug-likeness (QED) is 0.0486. The monoisotopic (exact) mass is 1090 g/mol. The number of nitrogen functional groups attached to an aromatic ring is 2. The fourth-order valence-corrected chi connectivity index (χ4v) is 9.66. The molecule has 0 unspecified atom stereocenters. The summed E-state index contributed by atoms with van der Waals surface area (Å²) >= 11 is 0. The van der Waals surface area contributed by atoms with Gasteiger partial charge in [-0.25, -0.2) is 14.8 Å². The van der Waals surface area contributed by atoms with Crippen LogP contribution in [0.15, 0.2) is 64.4 Å². The number of carbonyl (C=O) groups excluding carboxylic acids is 1. The first-order valence-electron chi connectivity index (χ1n) is 25.5. The van der Waals surface area contributed by atoms with Gasteiger partial charge >= 0.3 is 12.3 Å². The minimum absolute atomic E-state index is 0.0312. The lowest BCUT2D eigenvalue weighted by Gasteiger charge is -2.33. The van der Waals surface area contributed by atoms with Crippen LogP contribution in [-0.4, -0.2) is 126 Å². The first-order valence-corrected chi connectivity index (χ1v) is 25.5. The first kappa shape index (κ1) is 57.9. The van der Waals surface area contributed by atoms with Gasteiger partial charge in [-0.1, -0.05) is 19.4 Å². The van der Waals surface area contributed by atoms with Crippen LogP contribution in [0.3, 0.4) is 0 Å². The Labute approximate surface area is 447 Å². The Bertz CT molecular complexity index is 3270. The zero-order valence-electron chi connectivity index (χ0n) is 44.7. The molecule has 2 fully saturated rings. The molecule has 0 bridgehead atoms. The molecule has 78 heavy (non-hydrogen) atoms. The number of ether oxygens (including phenoxy) is 2. The van der Waals surface area contributed by atoms with Crippen molar-refractivity contribution in [2.24, 2.45) is 5.92 Å². The highest BCUT2D eigenvalue weighted by Gasteiger charge is 2.31. The lowest BCUT2D eigenvalue weighted by atomic mass is 9.89. The summed E-state index contributed by atoms with van der Waals surface area (Å²) in [6, 6.07) is 12.8. The SMILES string of the molecule is CCC1CCN(c2ccc(Nc3ncc4c(=O)c(C(=O)NC(=O)O)c(N)n(CC(C)(C)O)c4n3)c(OC)c2)CC1.COc1cc(C2CCN(CCC(F)(F)F)CC2)ccc1Nc1ncc2c(=O)cc(N)n(CC(C)(C)O)c2n1. The van der Waals surface area contributed by atoms with Gasteiger partial charge < -0.3 is 65.8 Å². The number of likely N-dealkylation sites (tertiary alicyclic amines) is 1. The minimum atomic E-state index is -4.14. The molecule has 10 N–H and O–H groups in total. The summed E-state index contributed by atoms with van der Waals surface area (Å²) in [4.78, 5) is 70.8. The van der Waals surface area contributed by atoms with Crippen molar-refractivity contribution in [2.75, 3.05) is 73.9 Å². The Morgan fingerprint density at radius 1 is 0.769 bits per heavy atom. The number of alkyl halides is 3. The van der Waals surface area contributed by atoms with Crippen LogP contribution in [0.25, 0.3) is 22.1 Å². The second kappa shape index (κ2) is 23.9. The van der Waals surface area contributed by atoms with Gasteiger partial charge in [0.25, 0.3) is 5.91 Å². The highest BCUT2D eigenvalue weighted by Crippen LogP contribution is 2.37. The molecule has 0 saturated carbocycles. The van der Waals surface area contributed by atoms with Crippen molar-refractivity contribution in [1.82, 2.24) is 39.3 Å². The van der Waals surface area contributed by atoms with E-state index in [9.17, 15) is 42.6 Å². The molecule has 2 aromatic carbocycles. The van der Waals surface area contributed by atoms with Crippen molar-refractivity contribution in [3.05, 3.63) is 86.4 Å².